The molecule has 7 nitrogen and oxygen atoms in total. The number of hydrogen-bond donors (Lipinski definition) is 2. The van der Waals surface area contributed by atoms with E-state index in [0.29, 0.717) is 50.1 Å². The summed E-state index contributed by atoms with van der Waals surface area (Å²) >= 11 is 0. The van der Waals surface area contributed by atoms with Gasteiger partial charge in [-0.05, 0) is 50.4 Å². The summed E-state index contributed by atoms with van der Waals surface area (Å²) in [6.07, 6.45) is 3.08. The van der Waals surface area contributed by atoms with Crippen molar-refractivity contribution in [2.24, 2.45) is 0 Å². The van der Waals surface area contributed by atoms with E-state index in [2.05, 4.69) is 17.6 Å². The molecule has 158 valence electrons. The fourth-order valence-corrected chi connectivity index (χ4v) is 4.95. The van der Waals surface area contributed by atoms with Crippen molar-refractivity contribution in [2.75, 3.05) is 32.8 Å². The highest BCUT2D eigenvalue weighted by molar-refractivity contribution is 7.89. The average Bonchev–Trinajstić information content (AvgIpc) is 2.69. The molecule has 2 aliphatic heterocycles. The van der Waals surface area contributed by atoms with Gasteiger partial charge in [-0.3, -0.25) is 4.79 Å². The van der Waals surface area contributed by atoms with E-state index >= 15 is 0 Å². The molecule has 3 rings (SSSR count). The van der Waals surface area contributed by atoms with Crippen molar-refractivity contribution < 1.29 is 17.9 Å². The molecule has 0 saturated carbocycles. The molecule has 9 heteroatoms. The van der Waals surface area contributed by atoms with Crippen molar-refractivity contribution in [1.82, 2.24) is 14.9 Å². The maximum absolute atomic E-state index is 12.6. The lowest BCUT2D eigenvalue weighted by molar-refractivity contribution is -0.122. The molecule has 1 aromatic carbocycles. The van der Waals surface area contributed by atoms with Crippen molar-refractivity contribution in [3.63, 3.8) is 0 Å². The summed E-state index contributed by atoms with van der Waals surface area (Å²) in [5, 5.41) is 6.48. The molecule has 2 saturated heterocycles. The van der Waals surface area contributed by atoms with Gasteiger partial charge in [0.2, 0.25) is 15.9 Å². The molecule has 0 aromatic heterocycles. The van der Waals surface area contributed by atoms with Crippen LogP contribution in [0.15, 0.2) is 29.2 Å². The van der Waals surface area contributed by atoms with Crippen LogP contribution >= 0.6 is 12.4 Å². The molecular weight excluding hydrogens is 402 g/mol. The summed E-state index contributed by atoms with van der Waals surface area (Å²) in [5.74, 6) is 0.0422. The average molecular weight is 432 g/mol. The first-order chi connectivity index (χ1) is 13.0. The summed E-state index contributed by atoms with van der Waals surface area (Å²) in [4.78, 5) is 12.5. The van der Waals surface area contributed by atoms with Gasteiger partial charge in [-0.1, -0.05) is 12.1 Å². The predicted molar refractivity (Wildman–Crippen MR) is 110 cm³/mol. The lowest BCUT2D eigenvalue weighted by Gasteiger charge is -2.30. The van der Waals surface area contributed by atoms with Crippen LogP contribution < -0.4 is 10.6 Å². The predicted octanol–water partition coefficient (Wildman–Crippen LogP) is 1.32. The number of aryl methyl sites for hydroxylation is 1. The molecule has 2 heterocycles. The van der Waals surface area contributed by atoms with Crippen LogP contribution in [-0.2, 0) is 26.0 Å². The van der Waals surface area contributed by atoms with Crippen LogP contribution in [0.5, 0.6) is 0 Å². The van der Waals surface area contributed by atoms with Gasteiger partial charge in [0.15, 0.2) is 0 Å². The van der Waals surface area contributed by atoms with Crippen molar-refractivity contribution in [3.8, 4) is 0 Å². The summed E-state index contributed by atoms with van der Waals surface area (Å²) in [6, 6.07) is 7.34. The van der Waals surface area contributed by atoms with E-state index in [9.17, 15) is 13.2 Å². The molecule has 0 bridgehead atoms. The fraction of sp³-hybridized carbons (Fsp3) is 0.632. The third kappa shape index (κ3) is 5.90. The fourth-order valence-electron chi connectivity index (χ4n) is 3.54. The van der Waals surface area contributed by atoms with Crippen LogP contribution in [0.1, 0.15) is 31.7 Å². The number of benzene rings is 1. The number of carbonyl (C=O) groups excluding carboxylic acids is 1. The number of piperidine rings is 1. The minimum Gasteiger partial charge on any atom is -0.379 e. The Balaban J connectivity index is 0.00000280. The van der Waals surface area contributed by atoms with Crippen molar-refractivity contribution in [2.45, 2.75) is 49.6 Å². The van der Waals surface area contributed by atoms with E-state index < -0.39 is 10.0 Å². The van der Waals surface area contributed by atoms with Crippen molar-refractivity contribution in [3.05, 3.63) is 29.8 Å². The first kappa shape index (κ1) is 23.1. The van der Waals surface area contributed by atoms with E-state index in [4.69, 9.17) is 4.74 Å². The summed E-state index contributed by atoms with van der Waals surface area (Å²) in [6.45, 7) is 4.74. The number of nitrogens with one attached hydrogen (secondary N) is 2. The Morgan fingerprint density at radius 3 is 2.57 bits per heavy atom. The largest absolute Gasteiger partial charge is 0.379 e. The third-order valence-electron chi connectivity index (χ3n) is 5.28. The van der Waals surface area contributed by atoms with Gasteiger partial charge in [-0.2, -0.15) is 4.31 Å². The third-order valence-corrected chi connectivity index (χ3v) is 7.19. The van der Waals surface area contributed by atoms with Crippen LogP contribution in [0.25, 0.3) is 0 Å². The Hall–Kier alpha value is -1.19. The number of morpholine rings is 1. The van der Waals surface area contributed by atoms with Gasteiger partial charge in [0, 0.05) is 31.6 Å². The smallest absolute Gasteiger partial charge is 0.243 e. The summed E-state index contributed by atoms with van der Waals surface area (Å²) in [5.41, 5.74) is 0.959. The lowest BCUT2D eigenvalue weighted by atomic mass is 9.99. The Kier molecular flexibility index (Phi) is 8.70. The summed E-state index contributed by atoms with van der Waals surface area (Å²) < 4.78 is 31.9. The van der Waals surface area contributed by atoms with Gasteiger partial charge < -0.3 is 15.4 Å². The quantitative estimate of drug-likeness (QED) is 0.709. The molecular formula is C19H30ClN3O4S. The molecule has 2 N–H and O–H groups in total. The molecule has 0 radical (unpaired) electrons. The standard InChI is InChI=1S/C19H29N3O4S.ClH/c1-15-18(3-2-10-20-15)21-19(23)9-6-16-4-7-17(8-5-16)27(24,25)22-11-13-26-14-12-22;/h4-5,7-8,15,18,20H,2-3,6,9-14H2,1H3,(H,21,23);1H. The van der Waals surface area contributed by atoms with Gasteiger partial charge >= 0.3 is 0 Å². The number of carbonyl (C=O) groups is 1. The first-order valence-corrected chi connectivity index (χ1v) is 11.1. The molecule has 28 heavy (non-hydrogen) atoms. The van der Waals surface area contributed by atoms with Gasteiger partial charge in [0.25, 0.3) is 0 Å². The SMILES string of the molecule is CC1NCCCC1NC(=O)CCc1ccc(S(=O)(=O)N2CCOCC2)cc1.Cl. The Morgan fingerprint density at radius 1 is 1.25 bits per heavy atom. The van der Waals surface area contributed by atoms with E-state index in [1.165, 1.54) is 4.31 Å². The highest BCUT2D eigenvalue weighted by atomic mass is 35.5. The van der Waals surface area contributed by atoms with Crippen LogP contribution in [0.4, 0.5) is 0 Å². The van der Waals surface area contributed by atoms with Crippen LogP contribution in [0.3, 0.4) is 0 Å². The number of nitrogens with zero attached hydrogens (tertiary/aromatic N) is 1. The topological polar surface area (TPSA) is 87.7 Å². The van der Waals surface area contributed by atoms with Crippen LogP contribution in [0.2, 0.25) is 0 Å². The molecule has 0 aliphatic carbocycles. The second kappa shape index (κ2) is 10.5. The molecule has 2 atom stereocenters. The Morgan fingerprint density at radius 2 is 1.93 bits per heavy atom. The molecule has 2 unspecified atom stereocenters. The first-order valence-electron chi connectivity index (χ1n) is 9.66. The minimum absolute atomic E-state index is 0. The van der Waals surface area contributed by atoms with Gasteiger partial charge in [0.1, 0.15) is 0 Å². The normalized spacial score (nSPS) is 23.6. The highest BCUT2D eigenvalue weighted by Gasteiger charge is 2.26. The van der Waals surface area contributed by atoms with Crippen molar-refractivity contribution >= 4 is 28.3 Å². The minimum atomic E-state index is -3.47. The number of halogens is 1. The summed E-state index contributed by atoms with van der Waals surface area (Å²) in [7, 11) is -3.47. The molecule has 0 spiro atoms. The Labute approximate surface area is 173 Å². The van der Waals surface area contributed by atoms with E-state index in [0.717, 1.165) is 24.9 Å². The zero-order chi connectivity index (χ0) is 19.3. The Bertz CT molecular complexity index is 736. The second-order valence-electron chi connectivity index (χ2n) is 7.22. The highest BCUT2D eigenvalue weighted by Crippen LogP contribution is 2.18. The van der Waals surface area contributed by atoms with Crippen molar-refractivity contribution in [1.29, 1.82) is 0 Å². The maximum Gasteiger partial charge on any atom is 0.243 e. The van der Waals surface area contributed by atoms with Gasteiger partial charge in [0.05, 0.1) is 18.1 Å². The number of rotatable bonds is 6. The number of amides is 1. The van der Waals surface area contributed by atoms with Gasteiger partial charge in [-0.25, -0.2) is 8.42 Å². The van der Waals surface area contributed by atoms with Crippen LogP contribution in [-0.4, -0.2) is 63.6 Å². The van der Waals surface area contributed by atoms with E-state index in [1.54, 1.807) is 24.3 Å². The number of sulfonamides is 1. The molecule has 1 aromatic rings. The van der Waals surface area contributed by atoms with E-state index in [1.807, 2.05) is 0 Å². The van der Waals surface area contributed by atoms with Gasteiger partial charge in [-0.15, -0.1) is 12.4 Å². The molecule has 2 aliphatic rings. The lowest BCUT2D eigenvalue weighted by Crippen LogP contribution is -2.51. The monoisotopic (exact) mass is 431 g/mol. The zero-order valence-corrected chi connectivity index (χ0v) is 17.9. The van der Waals surface area contributed by atoms with Crippen LogP contribution in [0, 0.1) is 0 Å². The zero-order valence-electron chi connectivity index (χ0n) is 16.2. The number of hydrogen-bond acceptors (Lipinski definition) is 5. The second-order valence-corrected chi connectivity index (χ2v) is 9.16. The molecule has 2 fully saturated rings. The maximum atomic E-state index is 12.6. The van der Waals surface area contributed by atoms with E-state index in [-0.39, 0.29) is 24.4 Å². The number of ether oxygens (including phenoxy) is 1. The molecule has 1 amide bonds.